The van der Waals surface area contributed by atoms with Crippen LogP contribution in [0.4, 0.5) is 0 Å². The molecule has 6 nitrogen and oxygen atoms in total. The largest absolute Gasteiger partial charge is 0.454 e. The van der Waals surface area contributed by atoms with E-state index >= 15 is 0 Å². The standard InChI is InChI=1S/C13H14N4O2/c1-8-4-11(17-10(3)16-8)7-19-13(18)12-6-14-9(2)5-15-12/h4-6H,7H2,1-3H3. The van der Waals surface area contributed by atoms with Crippen molar-refractivity contribution in [3.63, 3.8) is 0 Å². The number of hydrogen-bond donors (Lipinski definition) is 0. The number of carbonyl (C=O) groups is 1. The van der Waals surface area contributed by atoms with Crippen LogP contribution in [-0.2, 0) is 11.3 Å². The van der Waals surface area contributed by atoms with Crippen molar-refractivity contribution in [2.75, 3.05) is 0 Å². The van der Waals surface area contributed by atoms with Gasteiger partial charge in [-0.05, 0) is 26.8 Å². The van der Waals surface area contributed by atoms with Crippen LogP contribution in [0.15, 0.2) is 18.5 Å². The topological polar surface area (TPSA) is 77.9 Å². The SMILES string of the molecule is Cc1cnc(C(=O)OCc2cc(C)nc(C)n2)cn1. The van der Waals surface area contributed by atoms with Gasteiger partial charge in [0.2, 0.25) is 0 Å². The van der Waals surface area contributed by atoms with Crippen LogP contribution in [0.1, 0.15) is 33.4 Å². The van der Waals surface area contributed by atoms with Crippen molar-refractivity contribution in [2.45, 2.75) is 27.4 Å². The predicted molar refractivity (Wildman–Crippen MR) is 67.4 cm³/mol. The molecule has 19 heavy (non-hydrogen) atoms. The second-order valence-corrected chi connectivity index (χ2v) is 4.17. The number of hydrogen-bond acceptors (Lipinski definition) is 6. The minimum absolute atomic E-state index is 0.0958. The molecule has 0 aromatic carbocycles. The van der Waals surface area contributed by atoms with Crippen molar-refractivity contribution in [1.82, 2.24) is 19.9 Å². The predicted octanol–water partition coefficient (Wildman–Crippen LogP) is 1.55. The molecule has 0 N–H and O–H groups in total. The van der Waals surface area contributed by atoms with Crippen LogP contribution in [0, 0.1) is 20.8 Å². The molecule has 0 aliphatic rings. The first-order valence-corrected chi connectivity index (χ1v) is 5.81. The van der Waals surface area contributed by atoms with Crippen molar-refractivity contribution in [3.8, 4) is 0 Å². The number of nitrogens with zero attached hydrogens (tertiary/aromatic N) is 4. The fourth-order valence-electron chi connectivity index (χ4n) is 1.58. The molecule has 0 fully saturated rings. The van der Waals surface area contributed by atoms with Crippen LogP contribution in [0.5, 0.6) is 0 Å². The Morgan fingerprint density at radius 3 is 2.53 bits per heavy atom. The summed E-state index contributed by atoms with van der Waals surface area (Å²) >= 11 is 0. The fraction of sp³-hybridized carbons (Fsp3) is 0.308. The van der Waals surface area contributed by atoms with Crippen molar-refractivity contribution in [2.24, 2.45) is 0 Å². The number of ether oxygens (including phenoxy) is 1. The van der Waals surface area contributed by atoms with E-state index in [1.165, 1.54) is 12.4 Å². The number of carbonyl (C=O) groups excluding carboxylic acids is 1. The van der Waals surface area contributed by atoms with Crippen LogP contribution in [0.3, 0.4) is 0 Å². The van der Waals surface area contributed by atoms with Crippen molar-refractivity contribution >= 4 is 5.97 Å². The van der Waals surface area contributed by atoms with E-state index in [1.54, 1.807) is 19.9 Å². The van der Waals surface area contributed by atoms with E-state index in [9.17, 15) is 4.79 Å². The van der Waals surface area contributed by atoms with Gasteiger partial charge in [-0.2, -0.15) is 0 Å². The van der Waals surface area contributed by atoms with Gasteiger partial charge in [-0.3, -0.25) is 4.98 Å². The molecule has 2 aromatic rings. The Balaban J connectivity index is 2.02. The Kier molecular flexibility index (Phi) is 3.79. The van der Waals surface area contributed by atoms with Crippen LogP contribution in [0.25, 0.3) is 0 Å². The number of aromatic nitrogens is 4. The minimum Gasteiger partial charge on any atom is -0.454 e. The summed E-state index contributed by atoms with van der Waals surface area (Å²) in [5.41, 5.74) is 2.44. The van der Waals surface area contributed by atoms with E-state index in [0.29, 0.717) is 11.5 Å². The molecule has 0 spiro atoms. The van der Waals surface area contributed by atoms with Gasteiger partial charge in [0.15, 0.2) is 5.69 Å². The van der Waals surface area contributed by atoms with Gasteiger partial charge in [0.25, 0.3) is 0 Å². The summed E-state index contributed by atoms with van der Waals surface area (Å²) in [6.45, 7) is 5.56. The maximum absolute atomic E-state index is 11.7. The molecular formula is C13H14N4O2. The summed E-state index contributed by atoms with van der Waals surface area (Å²) in [6, 6.07) is 1.78. The van der Waals surface area contributed by atoms with E-state index in [1.807, 2.05) is 6.92 Å². The molecule has 0 aliphatic carbocycles. The molecular weight excluding hydrogens is 244 g/mol. The highest BCUT2D eigenvalue weighted by molar-refractivity contribution is 5.86. The molecule has 0 bridgehead atoms. The minimum atomic E-state index is -0.513. The van der Waals surface area contributed by atoms with Crippen LogP contribution in [-0.4, -0.2) is 25.9 Å². The molecule has 6 heteroatoms. The van der Waals surface area contributed by atoms with Gasteiger partial charge in [-0.1, -0.05) is 0 Å². The smallest absolute Gasteiger partial charge is 0.358 e. The normalized spacial score (nSPS) is 10.3. The molecule has 0 saturated carbocycles. The third-order valence-corrected chi connectivity index (χ3v) is 2.36. The Labute approximate surface area is 110 Å². The van der Waals surface area contributed by atoms with Crippen molar-refractivity contribution in [1.29, 1.82) is 0 Å². The van der Waals surface area contributed by atoms with E-state index in [4.69, 9.17) is 4.74 Å². The Morgan fingerprint density at radius 2 is 1.89 bits per heavy atom. The van der Waals surface area contributed by atoms with Crippen LogP contribution in [0.2, 0.25) is 0 Å². The van der Waals surface area contributed by atoms with Gasteiger partial charge in [-0.15, -0.1) is 0 Å². The van der Waals surface area contributed by atoms with E-state index in [0.717, 1.165) is 11.4 Å². The van der Waals surface area contributed by atoms with Gasteiger partial charge in [0, 0.05) is 11.9 Å². The zero-order valence-electron chi connectivity index (χ0n) is 11.0. The van der Waals surface area contributed by atoms with Gasteiger partial charge >= 0.3 is 5.97 Å². The van der Waals surface area contributed by atoms with E-state index in [2.05, 4.69) is 19.9 Å². The first kappa shape index (κ1) is 13.1. The molecule has 0 aliphatic heterocycles. The van der Waals surface area contributed by atoms with Gasteiger partial charge in [0.1, 0.15) is 12.4 Å². The highest BCUT2D eigenvalue weighted by Gasteiger charge is 2.10. The number of esters is 1. The summed E-state index contributed by atoms with van der Waals surface area (Å²) in [6.07, 6.45) is 2.92. The summed E-state index contributed by atoms with van der Waals surface area (Å²) in [4.78, 5) is 28.0. The molecule has 98 valence electrons. The average molecular weight is 258 g/mol. The molecule has 0 atom stereocenters. The monoisotopic (exact) mass is 258 g/mol. The molecule has 0 saturated heterocycles. The summed E-state index contributed by atoms with van der Waals surface area (Å²) in [7, 11) is 0. The zero-order chi connectivity index (χ0) is 13.8. The highest BCUT2D eigenvalue weighted by atomic mass is 16.5. The van der Waals surface area contributed by atoms with E-state index < -0.39 is 5.97 Å². The van der Waals surface area contributed by atoms with Gasteiger partial charge in [-0.25, -0.2) is 19.7 Å². The lowest BCUT2D eigenvalue weighted by Gasteiger charge is -2.05. The molecule has 2 aromatic heterocycles. The lowest BCUT2D eigenvalue weighted by Crippen LogP contribution is -2.09. The fourth-order valence-corrected chi connectivity index (χ4v) is 1.58. The zero-order valence-corrected chi connectivity index (χ0v) is 11.0. The molecule has 0 radical (unpaired) electrons. The van der Waals surface area contributed by atoms with Gasteiger partial charge in [0.05, 0.1) is 17.6 Å². The lowest BCUT2D eigenvalue weighted by molar-refractivity contribution is 0.0459. The molecule has 2 rings (SSSR count). The quantitative estimate of drug-likeness (QED) is 0.777. The maximum Gasteiger partial charge on any atom is 0.358 e. The highest BCUT2D eigenvalue weighted by Crippen LogP contribution is 2.04. The van der Waals surface area contributed by atoms with Crippen LogP contribution >= 0.6 is 0 Å². The Bertz CT molecular complexity index is 576. The maximum atomic E-state index is 11.7. The summed E-state index contributed by atoms with van der Waals surface area (Å²) in [5.74, 6) is 0.141. The third kappa shape index (κ3) is 3.54. The van der Waals surface area contributed by atoms with Crippen molar-refractivity contribution < 1.29 is 9.53 Å². The first-order chi connectivity index (χ1) is 9.04. The van der Waals surface area contributed by atoms with Gasteiger partial charge < -0.3 is 4.74 Å². The Morgan fingerprint density at radius 1 is 1.11 bits per heavy atom. The summed E-state index contributed by atoms with van der Waals surface area (Å²) < 4.78 is 5.13. The third-order valence-electron chi connectivity index (χ3n) is 2.36. The Hall–Kier alpha value is -2.37. The number of aryl methyl sites for hydroxylation is 3. The van der Waals surface area contributed by atoms with Crippen molar-refractivity contribution in [3.05, 3.63) is 47.1 Å². The average Bonchev–Trinajstić information content (AvgIpc) is 2.36. The lowest BCUT2D eigenvalue weighted by atomic mass is 10.3. The number of rotatable bonds is 3. The second kappa shape index (κ2) is 5.51. The summed E-state index contributed by atoms with van der Waals surface area (Å²) in [5, 5.41) is 0. The van der Waals surface area contributed by atoms with Crippen LogP contribution < -0.4 is 0 Å². The molecule has 0 unspecified atom stereocenters. The second-order valence-electron chi connectivity index (χ2n) is 4.17. The molecule has 2 heterocycles. The van der Waals surface area contributed by atoms with E-state index in [-0.39, 0.29) is 12.3 Å². The first-order valence-electron chi connectivity index (χ1n) is 5.81. The molecule has 0 amide bonds.